The third-order valence-corrected chi connectivity index (χ3v) is 4.93. The molecule has 1 aliphatic heterocycles. The monoisotopic (exact) mass is 401 g/mol. The summed E-state index contributed by atoms with van der Waals surface area (Å²) in [4.78, 5) is 20.8. The Bertz CT molecular complexity index is 565. The zero-order valence-electron chi connectivity index (χ0n) is 14.3. The summed E-state index contributed by atoms with van der Waals surface area (Å²) in [6, 6.07) is 1.88. The minimum Gasteiger partial charge on any atom is -0.355 e. The van der Waals surface area contributed by atoms with Gasteiger partial charge in [-0.3, -0.25) is 4.79 Å². The van der Waals surface area contributed by atoms with E-state index in [1.165, 1.54) is 0 Å². The number of amides is 1. The van der Waals surface area contributed by atoms with E-state index < -0.39 is 0 Å². The predicted octanol–water partition coefficient (Wildman–Crippen LogP) is 4.22. The number of piperidine rings is 1. The molecule has 0 spiro atoms. The van der Waals surface area contributed by atoms with Crippen molar-refractivity contribution in [1.82, 2.24) is 9.88 Å². The quantitative estimate of drug-likeness (QED) is 0.759. The first-order valence-corrected chi connectivity index (χ1v) is 9.17. The van der Waals surface area contributed by atoms with Crippen LogP contribution in [0.2, 0.25) is 5.02 Å². The molecule has 0 radical (unpaired) electrons. The molecule has 0 unspecified atom stereocenters. The van der Waals surface area contributed by atoms with E-state index in [-0.39, 0.29) is 11.3 Å². The molecular formula is C17H25BrClN3O. The molecule has 1 fully saturated rings. The molecule has 0 bridgehead atoms. The zero-order valence-corrected chi connectivity index (χ0v) is 16.6. The van der Waals surface area contributed by atoms with Crippen molar-refractivity contribution in [2.75, 3.05) is 31.6 Å². The van der Waals surface area contributed by atoms with Crippen LogP contribution in [0.25, 0.3) is 0 Å². The van der Waals surface area contributed by atoms with E-state index >= 15 is 0 Å². The van der Waals surface area contributed by atoms with Gasteiger partial charge in [0.25, 0.3) is 0 Å². The smallest absolute Gasteiger partial charge is 0.227 e. The van der Waals surface area contributed by atoms with E-state index in [4.69, 9.17) is 11.6 Å². The summed E-state index contributed by atoms with van der Waals surface area (Å²) in [7, 11) is 1.91. The van der Waals surface area contributed by atoms with E-state index in [1.807, 2.05) is 38.8 Å². The molecule has 1 aromatic heterocycles. The van der Waals surface area contributed by atoms with E-state index in [0.717, 1.165) is 42.8 Å². The van der Waals surface area contributed by atoms with Gasteiger partial charge in [-0.25, -0.2) is 4.98 Å². The fraction of sp³-hybridized carbons (Fsp3) is 0.647. The van der Waals surface area contributed by atoms with Crippen molar-refractivity contribution < 1.29 is 4.79 Å². The average Bonchev–Trinajstić information content (AvgIpc) is 2.46. The van der Waals surface area contributed by atoms with Crippen LogP contribution in [-0.4, -0.2) is 42.5 Å². The maximum Gasteiger partial charge on any atom is 0.227 e. The molecule has 2 heterocycles. The van der Waals surface area contributed by atoms with Crippen molar-refractivity contribution in [1.29, 1.82) is 0 Å². The Morgan fingerprint density at radius 1 is 1.43 bits per heavy atom. The van der Waals surface area contributed by atoms with Gasteiger partial charge in [-0.2, -0.15) is 0 Å². The molecule has 0 N–H and O–H groups in total. The van der Waals surface area contributed by atoms with Gasteiger partial charge in [-0.05, 0) is 40.8 Å². The van der Waals surface area contributed by atoms with Gasteiger partial charge < -0.3 is 9.80 Å². The van der Waals surface area contributed by atoms with Gasteiger partial charge in [0.2, 0.25) is 5.91 Å². The standard InChI is InChI=1S/C17H25BrClN3O/c1-17(2,3)16(23)21(4)11-12-5-7-22(8-6-12)15-14(19)9-13(18)10-20-15/h9-10,12H,5-8,11H2,1-4H3. The first kappa shape index (κ1) is 18.5. The van der Waals surface area contributed by atoms with Crippen molar-refractivity contribution in [3.05, 3.63) is 21.8 Å². The maximum absolute atomic E-state index is 12.3. The summed E-state index contributed by atoms with van der Waals surface area (Å²) in [6.07, 6.45) is 3.88. The molecule has 128 valence electrons. The Balaban J connectivity index is 1.90. The summed E-state index contributed by atoms with van der Waals surface area (Å²) in [5, 5.41) is 0.679. The van der Waals surface area contributed by atoms with Crippen molar-refractivity contribution in [3.8, 4) is 0 Å². The van der Waals surface area contributed by atoms with Gasteiger partial charge in [0.1, 0.15) is 5.82 Å². The molecular weight excluding hydrogens is 378 g/mol. The fourth-order valence-electron chi connectivity index (χ4n) is 3.01. The second-order valence-electron chi connectivity index (χ2n) is 7.33. The lowest BCUT2D eigenvalue weighted by Gasteiger charge is -2.36. The molecule has 0 aliphatic carbocycles. The van der Waals surface area contributed by atoms with Crippen LogP contribution in [0.5, 0.6) is 0 Å². The average molecular weight is 403 g/mol. The SMILES string of the molecule is CN(CC1CCN(c2ncc(Br)cc2Cl)CC1)C(=O)C(C)(C)C. The van der Waals surface area contributed by atoms with E-state index in [9.17, 15) is 4.79 Å². The van der Waals surface area contributed by atoms with Crippen LogP contribution >= 0.6 is 27.5 Å². The van der Waals surface area contributed by atoms with Gasteiger partial charge in [0, 0.05) is 42.8 Å². The minimum absolute atomic E-state index is 0.206. The molecule has 0 aromatic carbocycles. The number of rotatable bonds is 3. The number of anilines is 1. The van der Waals surface area contributed by atoms with Gasteiger partial charge in [-0.15, -0.1) is 0 Å². The number of nitrogens with zero attached hydrogens (tertiary/aromatic N) is 3. The lowest BCUT2D eigenvalue weighted by Crippen LogP contribution is -2.43. The van der Waals surface area contributed by atoms with Gasteiger partial charge in [-0.1, -0.05) is 32.4 Å². The van der Waals surface area contributed by atoms with Gasteiger partial charge >= 0.3 is 0 Å². The fourth-order valence-corrected chi connectivity index (χ4v) is 3.76. The van der Waals surface area contributed by atoms with Crippen LogP contribution in [0.1, 0.15) is 33.6 Å². The number of hydrogen-bond donors (Lipinski definition) is 0. The summed E-state index contributed by atoms with van der Waals surface area (Å²) in [6.45, 7) is 8.58. The lowest BCUT2D eigenvalue weighted by molar-refractivity contribution is -0.138. The van der Waals surface area contributed by atoms with E-state index in [0.29, 0.717) is 10.9 Å². The van der Waals surface area contributed by atoms with E-state index in [2.05, 4.69) is 25.8 Å². The molecule has 0 atom stereocenters. The minimum atomic E-state index is -0.315. The third kappa shape index (κ3) is 4.83. The third-order valence-electron chi connectivity index (χ3n) is 4.22. The van der Waals surface area contributed by atoms with E-state index in [1.54, 1.807) is 6.20 Å². The lowest BCUT2D eigenvalue weighted by atomic mass is 9.92. The highest BCUT2D eigenvalue weighted by Crippen LogP contribution is 2.30. The number of halogens is 2. The molecule has 1 aromatic rings. The van der Waals surface area contributed by atoms with Crippen LogP contribution in [0.4, 0.5) is 5.82 Å². The molecule has 1 amide bonds. The van der Waals surface area contributed by atoms with Crippen molar-refractivity contribution in [2.45, 2.75) is 33.6 Å². The number of hydrogen-bond acceptors (Lipinski definition) is 3. The predicted molar refractivity (Wildman–Crippen MR) is 99.0 cm³/mol. The summed E-state index contributed by atoms with van der Waals surface area (Å²) in [5.41, 5.74) is -0.315. The van der Waals surface area contributed by atoms with Gasteiger partial charge in [0.15, 0.2) is 0 Å². The summed E-state index contributed by atoms with van der Waals surface area (Å²) < 4.78 is 0.892. The normalized spacial score (nSPS) is 16.5. The molecule has 1 aliphatic rings. The van der Waals surface area contributed by atoms with Crippen molar-refractivity contribution in [2.24, 2.45) is 11.3 Å². The summed E-state index contributed by atoms with van der Waals surface area (Å²) in [5.74, 6) is 1.60. The van der Waals surface area contributed by atoms with Crippen molar-refractivity contribution in [3.63, 3.8) is 0 Å². The highest BCUT2D eigenvalue weighted by molar-refractivity contribution is 9.10. The Labute approximate surface area is 152 Å². The molecule has 6 heteroatoms. The van der Waals surface area contributed by atoms with Gasteiger partial charge in [0.05, 0.1) is 5.02 Å². The zero-order chi connectivity index (χ0) is 17.2. The molecule has 4 nitrogen and oxygen atoms in total. The molecule has 2 rings (SSSR count). The molecule has 1 saturated heterocycles. The Morgan fingerprint density at radius 3 is 2.57 bits per heavy atom. The van der Waals surface area contributed by atoms with Crippen molar-refractivity contribution >= 4 is 39.3 Å². The Morgan fingerprint density at radius 2 is 2.04 bits per heavy atom. The number of carbonyl (C=O) groups is 1. The first-order chi connectivity index (χ1) is 10.7. The van der Waals surface area contributed by atoms with Crippen LogP contribution in [0.15, 0.2) is 16.7 Å². The maximum atomic E-state index is 12.3. The highest BCUT2D eigenvalue weighted by atomic mass is 79.9. The summed E-state index contributed by atoms with van der Waals surface area (Å²) >= 11 is 9.67. The highest BCUT2D eigenvalue weighted by Gasteiger charge is 2.28. The van der Waals surface area contributed by atoms with Crippen LogP contribution in [-0.2, 0) is 4.79 Å². The number of carbonyl (C=O) groups excluding carboxylic acids is 1. The van der Waals surface area contributed by atoms with Crippen LogP contribution in [0.3, 0.4) is 0 Å². The number of aromatic nitrogens is 1. The van der Waals surface area contributed by atoms with Crippen LogP contribution < -0.4 is 4.90 Å². The largest absolute Gasteiger partial charge is 0.355 e. The molecule has 0 saturated carbocycles. The number of pyridine rings is 1. The Kier molecular flexibility index (Phi) is 5.95. The second-order valence-corrected chi connectivity index (χ2v) is 8.65. The first-order valence-electron chi connectivity index (χ1n) is 8.00. The second kappa shape index (κ2) is 7.39. The van der Waals surface area contributed by atoms with Crippen LogP contribution in [0, 0.1) is 11.3 Å². The Hall–Kier alpha value is -0.810. The molecule has 23 heavy (non-hydrogen) atoms. The topological polar surface area (TPSA) is 36.4 Å².